The van der Waals surface area contributed by atoms with Crippen molar-refractivity contribution in [3.8, 4) is 0 Å². The average molecular weight is 269 g/mol. The van der Waals surface area contributed by atoms with E-state index >= 15 is 0 Å². The lowest BCUT2D eigenvalue weighted by molar-refractivity contribution is 0.453. The van der Waals surface area contributed by atoms with Gasteiger partial charge >= 0.3 is 0 Å². The number of hydrogen-bond acceptors (Lipinski definition) is 1. The molecule has 0 bridgehead atoms. The highest BCUT2D eigenvalue weighted by Gasteiger charge is 2.02. The van der Waals surface area contributed by atoms with Crippen molar-refractivity contribution < 1.29 is 0 Å². The second-order valence-electron chi connectivity index (χ2n) is 3.12. The Labute approximate surface area is 84.5 Å². The smallest absolute Gasteiger partial charge is 0.0206 e. The van der Waals surface area contributed by atoms with Gasteiger partial charge in [-0.3, -0.25) is 0 Å². The summed E-state index contributed by atoms with van der Waals surface area (Å²) in [6, 6.07) is 0. The molecule has 0 rings (SSSR count). The van der Waals surface area contributed by atoms with Crippen LogP contribution in [0.5, 0.6) is 0 Å². The first-order valence-corrected chi connectivity index (χ1v) is 5.80. The van der Waals surface area contributed by atoms with Crippen LogP contribution in [0.4, 0.5) is 0 Å². The topological polar surface area (TPSA) is 12.0 Å². The van der Waals surface area contributed by atoms with Gasteiger partial charge in [-0.1, -0.05) is 56.2 Å². The maximum absolute atomic E-state index is 3.48. The first-order valence-electron chi connectivity index (χ1n) is 4.55. The number of halogens is 1. The van der Waals surface area contributed by atoms with E-state index in [4.69, 9.17) is 0 Å². The summed E-state index contributed by atoms with van der Waals surface area (Å²) in [5.41, 5.74) is 0. The van der Waals surface area contributed by atoms with Gasteiger partial charge in [0, 0.05) is 10.5 Å². The molecular weight excluding hydrogens is 249 g/mol. The van der Waals surface area contributed by atoms with Gasteiger partial charge in [0.15, 0.2) is 0 Å². The summed E-state index contributed by atoms with van der Waals surface area (Å²) in [5.74, 6) is 0.880. The molecule has 0 heterocycles. The van der Waals surface area contributed by atoms with Crippen LogP contribution in [0.3, 0.4) is 0 Å². The lowest BCUT2D eigenvalue weighted by Gasteiger charge is -2.13. The van der Waals surface area contributed by atoms with Crippen LogP contribution in [0, 0.1) is 5.92 Å². The molecule has 0 aromatic rings. The molecule has 1 N–H and O–H groups in total. The maximum Gasteiger partial charge on any atom is 0.0206 e. The number of hydrogen-bond donors (Lipinski definition) is 1. The Morgan fingerprint density at radius 2 is 1.73 bits per heavy atom. The molecule has 1 unspecified atom stereocenters. The fourth-order valence-corrected chi connectivity index (χ4v) is 1.38. The van der Waals surface area contributed by atoms with E-state index in [2.05, 4.69) is 48.7 Å². The summed E-state index contributed by atoms with van der Waals surface area (Å²) in [6.45, 7) is 9.12. The van der Waals surface area contributed by atoms with E-state index in [0.29, 0.717) is 0 Å². The van der Waals surface area contributed by atoms with Crippen LogP contribution in [0.2, 0.25) is 0 Å². The molecule has 1 atom stereocenters. The second-order valence-corrected chi connectivity index (χ2v) is 5.25. The van der Waals surface area contributed by atoms with Gasteiger partial charge < -0.3 is 5.32 Å². The second kappa shape index (κ2) is 7.35. The molecule has 0 aromatic heterocycles. The van der Waals surface area contributed by atoms with E-state index in [-0.39, 0.29) is 0 Å². The summed E-state index contributed by atoms with van der Waals surface area (Å²) >= 11 is 2.45. The van der Waals surface area contributed by atoms with Crippen molar-refractivity contribution in [1.29, 1.82) is 0 Å². The molecule has 0 aliphatic carbocycles. The predicted octanol–water partition coefficient (Wildman–Crippen LogP) is 2.84. The highest BCUT2D eigenvalue weighted by atomic mass is 127. The first kappa shape index (κ1) is 11.7. The summed E-state index contributed by atoms with van der Waals surface area (Å²) in [5, 5.41) is 3.48. The van der Waals surface area contributed by atoms with Gasteiger partial charge in [-0.15, -0.1) is 0 Å². The summed E-state index contributed by atoms with van der Waals surface area (Å²) in [4.78, 5) is 0. The zero-order valence-corrected chi connectivity index (χ0v) is 10.0. The Hall–Kier alpha value is 0.690. The van der Waals surface area contributed by atoms with Gasteiger partial charge in [-0.05, 0) is 12.5 Å². The molecule has 2 heteroatoms. The van der Waals surface area contributed by atoms with Crippen molar-refractivity contribution in [3.63, 3.8) is 0 Å². The number of nitrogens with one attached hydrogen (secondary N) is 1. The molecule has 0 spiro atoms. The van der Waals surface area contributed by atoms with Crippen LogP contribution in [0.15, 0.2) is 0 Å². The molecular formula is C9H20IN. The van der Waals surface area contributed by atoms with Crippen molar-refractivity contribution in [2.24, 2.45) is 5.92 Å². The van der Waals surface area contributed by atoms with E-state index in [9.17, 15) is 0 Å². The predicted molar refractivity (Wildman–Crippen MR) is 60.4 cm³/mol. The van der Waals surface area contributed by atoms with Crippen LogP contribution in [0.25, 0.3) is 0 Å². The van der Waals surface area contributed by atoms with Crippen molar-refractivity contribution >= 4 is 22.6 Å². The molecule has 0 radical (unpaired) electrons. The van der Waals surface area contributed by atoms with E-state index in [1.165, 1.54) is 19.4 Å². The average Bonchev–Trinajstić information content (AvgIpc) is 1.98. The lowest BCUT2D eigenvalue weighted by Crippen LogP contribution is -2.26. The van der Waals surface area contributed by atoms with Gasteiger partial charge in [0.1, 0.15) is 0 Å². The zero-order chi connectivity index (χ0) is 8.69. The Morgan fingerprint density at radius 3 is 2.09 bits per heavy atom. The lowest BCUT2D eigenvalue weighted by atomic mass is 10.0. The Kier molecular flexibility index (Phi) is 7.81. The Morgan fingerprint density at radius 1 is 1.18 bits per heavy atom. The summed E-state index contributed by atoms with van der Waals surface area (Å²) in [6.07, 6.45) is 2.61. The molecule has 11 heavy (non-hydrogen) atoms. The van der Waals surface area contributed by atoms with E-state index in [1.807, 2.05) is 0 Å². The monoisotopic (exact) mass is 269 g/mol. The zero-order valence-electron chi connectivity index (χ0n) is 7.86. The minimum Gasteiger partial charge on any atom is -0.315 e. The Balaban J connectivity index is 3.21. The number of alkyl halides is 1. The van der Waals surface area contributed by atoms with Gasteiger partial charge in [0.25, 0.3) is 0 Å². The summed E-state index contributed by atoms with van der Waals surface area (Å²) in [7, 11) is 0. The quantitative estimate of drug-likeness (QED) is 0.577. The standard InChI is InChI=1S/C9H20IN/c1-4-9(5-2)7-11-6-8(3)10/h8-9,11H,4-7H2,1-3H3. The minimum absolute atomic E-state index is 0.752. The molecule has 0 aromatic carbocycles. The van der Waals surface area contributed by atoms with E-state index < -0.39 is 0 Å². The van der Waals surface area contributed by atoms with Crippen LogP contribution in [-0.4, -0.2) is 17.0 Å². The normalized spacial score (nSPS) is 13.9. The van der Waals surface area contributed by atoms with Crippen LogP contribution in [-0.2, 0) is 0 Å². The molecule has 0 fully saturated rings. The van der Waals surface area contributed by atoms with Crippen LogP contribution >= 0.6 is 22.6 Å². The third kappa shape index (κ3) is 7.06. The van der Waals surface area contributed by atoms with Crippen molar-refractivity contribution in [3.05, 3.63) is 0 Å². The maximum atomic E-state index is 3.48. The molecule has 0 saturated heterocycles. The minimum atomic E-state index is 0.752. The van der Waals surface area contributed by atoms with Crippen molar-refractivity contribution in [2.45, 2.75) is 37.5 Å². The van der Waals surface area contributed by atoms with Gasteiger partial charge in [0.05, 0.1) is 0 Å². The Bertz CT molecular complexity index is 79.6. The van der Waals surface area contributed by atoms with Crippen molar-refractivity contribution in [2.75, 3.05) is 13.1 Å². The highest BCUT2D eigenvalue weighted by Crippen LogP contribution is 2.05. The van der Waals surface area contributed by atoms with Crippen LogP contribution < -0.4 is 5.32 Å². The summed E-state index contributed by atoms with van der Waals surface area (Å²) < 4.78 is 0.752. The van der Waals surface area contributed by atoms with E-state index in [0.717, 1.165) is 16.4 Å². The van der Waals surface area contributed by atoms with Gasteiger partial charge in [-0.25, -0.2) is 0 Å². The third-order valence-corrected chi connectivity index (χ3v) is 2.45. The SMILES string of the molecule is CCC(CC)CNCC(C)I. The molecule has 0 amide bonds. The molecule has 0 saturated carbocycles. The molecule has 0 aliphatic heterocycles. The highest BCUT2D eigenvalue weighted by molar-refractivity contribution is 14.1. The largest absolute Gasteiger partial charge is 0.315 e. The fourth-order valence-electron chi connectivity index (χ4n) is 1.06. The first-order chi connectivity index (χ1) is 5.20. The third-order valence-electron chi connectivity index (χ3n) is 2.01. The van der Waals surface area contributed by atoms with Gasteiger partial charge in [0.2, 0.25) is 0 Å². The molecule has 1 nitrogen and oxygen atoms in total. The fraction of sp³-hybridized carbons (Fsp3) is 1.00. The van der Waals surface area contributed by atoms with E-state index in [1.54, 1.807) is 0 Å². The number of rotatable bonds is 6. The molecule has 68 valence electrons. The molecule has 0 aliphatic rings. The van der Waals surface area contributed by atoms with Gasteiger partial charge in [-0.2, -0.15) is 0 Å². The van der Waals surface area contributed by atoms with Crippen LogP contribution in [0.1, 0.15) is 33.6 Å². The van der Waals surface area contributed by atoms with Crippen molar-refractivity contribution in [1.82, 2.24) is 5.32 Å².